The molecular formula is C17H20ClN5OS. The minimum absolute atomic E-state index is 0.00688. The van der Waals surface area contributed by atoms with Gasteiger partial charge in [0.2, 0.25) is 5.89 Å². The molecule has 1 unspecified atom stereocenters. The summed E-state index contributed by atoms with van der Waals surface area (Å²) >= 11 is 7.53. The number of hydrogen-bond acceptors (Lipinski definition) is 6. The van der Waals surface area contributed by atoms with Crippen molar-refractivity contribution in [2.24, 2.45) is 0 Å². The molecule has 0 N–H and O–H groups in total. The Bertz CT molecular complexity index is 843. The van der Waals surface area contributed by atoms with Crippen molar-refractivity contribution >= 4 is 23.4 Å². The molecule has 1 atom stereocenters. The third-order valence-corrected chi connectivity index (χ3v) is 5.06. The van der Waals surface area contributed by atoms with Crippen molar-refractivity contribution in [1.82, 2.24) is 24.9 Å². The molecule has 2 aromatic heterocycles. The van der Waals surface area contributed by atoms with Gasteiger partial charge < -0.3 is 9.09 Å². The van der Waals surface area contributed by atoms with Gasteiger partial charge in [0, 0.05) is 23.0 Å². The third-order valence-electron chi connectivity index (χ3n) is 3.74. The van der Waals surface area contributed by atoms with Crippen LogP contribution < -0.4 is 0 Å². The van der Waals surface area contributed by atoms with E-state index in [1.54, 1.807) is 11.8 Å². The van der Waals surface area contributed by atoms with Crippen LogP contribution in [0, 0.1) is 0 Å². The molecule has 3 aromatic rings. The maximum atomic E-state index is 5.97. The van der Waals surface area contributed by atoms with Gasteiger partial charge in [-0.2, -0.15) is 4.98 Å². The van der Waals surface area contributed by atoms with Crippen LogP contribution in [0.5, 0.6) is 0 Å². The van der Waals surface area contributed by atoms with E-state index < -0.39 is 0 Å². The number of halogens is 1. The highest BCUT2D eigenvalue weighted by molar-refractivity contribution is 7.99. The van der Waals surface area contributed by atoms with E-state index in [4.69, 9.17) is 16.1 Å². The number of nitrogens with zero attached hydrogens (tertiary/aromatic N) is 5. The molecule has 132 valence electrons. The van der Waals surface area contributed by atoms with Gasteiger partial charge in [0.05, 0.1) is 5.25 Å². The van der Waals surface area contributed by atoms with Crippen molar-refractivity contribution < 1.29 is 4.52 Å². The van der Waals surface area contributed by atoms with Crippen molar-refractivity contribution in [2.75, 3.05) is 0 Å². The van der Waals surface area contributed by atoms with Gasteiger partial charge in [-0.25, -0.2) is 0 Å². The Morgan fingerprint density at radius 1 is 1.16 bits per heavy atom. The Hall–Kier alpha value is -1.86. The van der Waals surface area contributed by atoms with Crippen molar-refractivity contribution in [2.45, 2.75) is 50.6 Å². The molecule has 6 nitrogen and oxygen atoms in total. The molecule has 2 heterocycles. The minimum atomic E-state index is -0.00688. The topological polar surface area (TPSA) is 69.6 Å². The zero-order valence-electron chi connectivity index (χ0n) is 14.6. The maximum absolute atomic E-state index is 5.97. The van der Waals surface area contributed by atoms with Gasteiger partial charge in [-0.1, -0.05) is 42.4 Å². The molecule has 0 aliphatic carbocycles. The Morgan fingerprint density at radius 2 is 1.88 bits per heavy atom. The van der Waals surface area contributed by atoms with E-state index in [1.165, 1.54) is 0 Å². The van der Waals surface area contributed by atoms with Crippen LogP contribution in [0.2, 0.25) is 5.02 Å². The maximum Gasteiger partial charge on any atom is 0.239 e. The molecule has 0 amide bonds. The lowest BCUT2D eigenvalue weighted by Gasteiger charge is -2.09. The Labute approximate surface area is 156 Å². The molecule has 0 bridgehead atoms. The van der Waals surface area contributed by atoms with Gasteiger partial charge in [-0.15, -0.1) is 10.2 Å². The van der Waals surface area contributed by atoms with Gasteiger partial charge in [-0.05, 0) is 38.1 Å². The second-order valence-corrected chi connectivity index (χ2v) is 7.71. The van der Waals surface area contributed by atoms with Crippen molar-refractivity contribution in [3.05, 3.63) is 41.0 Å². The number of benzene rings is 1. The van der Waals surface area contributed by atoms with Gasteiger partial charge in [-0.3, -0.25) is 0 Å². The van der Waals surface area contributed by atoms with E-state index >= 15 is 0 Å². The first kappa shape index (κ1) is 17.9. The number of hydrogen-bond donors (Lipinski definition) is 0. The highest BCUT2D eigenvalue weighted by Gasteiger charge is 2.21. The van der Waals surface area contributed by atoms with Gasteiger partial charge in [0.1, 0.15) is 0 Å². The minimum Gasteiger partial charge on any atom is -0.338 e. The van der Waals surface area contributed by atoms with Crippen LogP contribution in [0.4, 0.5) is 0 Å². The van der Waals surface area contributed by atoms with E-state index in [2.05, 4.69) is 31.8 Å². The number of aromatic nitrogens is 5. The first-order chi connectivity index (χ1) is 12.0. The summed E-state index contributed by atoms with van der Waals surface area (Å²) in [6, 6.07) is 7.60. The van der Waals surface area contributed by atoms with Crippen LogP contribution in [0.1, 0.15) is 50.6 Å². The number of rotatable bonds is 6. The van der Waals surface area contributed by atoms with Gasteiger partial charge >= 0.3 is 0 Å². The summed E-state index contributed by atoms with van der Waals surface area (Å²) in [7, 11) is 0. The van der Waals surface area contributed by atoms with Crippen molar-refractivity contribution in [1.29, 1.82) is 0 Å². The van der Waals surface area contributed by atoms with Crippen molar-refractivity contribution in [3.63, 3.8) is 0 Å². The zero-order chi connectivity index (χ0) is 18.0. The zero-order valence-corrected chi connectivity index (χ0v) is 16.2. The summed E-state index contributed by atoms with van der Waals surface area (Å²) in [5, 5.41) is 14.2. The van der Waals surface area contributed by atoms with Gasteiger partial charge in [0.15, 0.2) is 16.8 Å². The average Bonchev–Trinajstić information content (AvgIpc) is 3.22. The van der Waals surface area contributed by atoms with Gasteiger partial charge in [0.25, 0.3) is 0 Å². The molecule has 0 fully saturated rings. The molecule has 0 saturated heterocycles. The fraction of sp³-hybridized carbons (Fsp3) is 0.412. The molecule has 0 aliphatic heterocycles. The normalized spacial score (nSPS) is 12.7. The quantitative estimate of drug-likeness (QED) is 0.564. The summed E-state index contributed by atoms with van der Waals surface area (Å²) in [6.07, 6.45) is 0. The van der Waals surface area contributed by atoms with E-state index in [0.717, 1.165) is 28.9 Å². The van der Waals surface area contributed by atoms with Crippen LogP contribution in [-0.4, -0.2) is 24.9 Å². The average molecular weight is 378 g/mol. The smallest absolute Gasteiger partial charge is 0.239 e. The fourth-order valence-corrected chi connectivity index (χ4v) is 3.40. The third kappa shape index (κ3) is 3.88. The van der Waals surface area contributed by atoms with E-state index in [9.17, 15) is 0 Å². The lowest BCUT2D eigenvalue weighted by Crippen LogP contribution is -2.01. The van der Waals surface area contributed by atoms with Crippen LogP contribution in [-0.2, 0) is 6.54 Å². The first-order valence-corrected chi connectivity index (χ1v) is 9.44. The highest BCUT2D eigenvalue weighted by Crippen LogP contribution is 2.35. The summed E-state index contributed by atoms with van der Waals surface area (Å²) in [5.41, 5.74) is 0.984. The summed E-state index contributed by atoms with van der Waals surface area (Å²) < 4.78 is 7.46. The second-order valence-electron chi connectivity index (χ2n) is 5.96. The summed E-state index contributed by atoms with van der Waals surface area (Å²) in [6.45, 7) is 8.94. The Balaban J connectivity index is 1.83. The molecule has 1 aromatic carbocycles. The predicted molar refractivity (Wildman–Crippen MR) is 98.8 cm³/mol. The van der Waals surface area contributed by atoms with Crippen LogP contribution >= 0.6 is 23.4 Å². The number of thioether (sulfide) groups is 1. The Morgan fingerprint density at radius 3 is 2.48 bits per heavy atom. The molecule has 0 saturated carbocycles. The first-order valence-electron chi connectivity index (χ1n) is 8.18. The molecule has 0 aliphatic rings. The van der Waals surface area contributed by atoms with Crippen LogP contribution in [0.15, 0.2) is 33.9 Å². The lowest BCUT2D eigenvalue weighted by molar-refractivity contribution is 0.373. The van der Waals surface area contributed by atoms with E-state index in [1.807, 2.05) is 45.0 Å². The van der Waals surface area contributed by atoms with Crippen LogP contribution in [0.3, 0.4) is 0 Å². The summed E-state index contributed by atoms with van der Waals surface area (Å²) in [4.78, 5) is 4.47. The predicted octanol–water partition coefficient (Wildman–Crippen LogP) is 4.98. The second kappa shape index (κ2) is 7.58. The van der Waals surface area contributed by atoms with E-state index in [0.29, 0.717) is 10.9 Å². The molecule has 0 radical (unpaired) electrons. The summed E-state index contributed by atoms with van der Waals surface area (Å²) in [5.74, 6) is 2.39. The molecular weight excluding hydrogens is 358 g/mol. The Kier molecular flexibility index (Phi) is 5.44. The lowest BCUT2D eigenvalue weighted by atomic mass is 10.2. The van der Waals surface area contributed by atoms with Crippen molar-refractivity contribution in [3.8, 4) is 11.4 Å². The monoisotopic (exact) mass is 377 g/mol. The molecule has 8 heteroatoms. The fourth-order valence-electron chi connectivity index (χ4n) is 2.33. The largest absolute Gasteiger partial charge is 0.338 e. The standard InChI is InChI=1S/C17H20ClN5OS/c1-5-23-15(12-6-8-13(18)9-7-12)20-21-17(23)25-11(4)16-19-14(10(2)3)22-24-16/h6-11H,5H2,1-4H3. The van der Waals surface area contributed by atoms with Crippen LogP contribution in [0.25, 0.3) is 11.4 Å². The molecule has 0 spiro atoms. The molecule has 25 heavy (non-hydrogen) atoms. The highest BCUT2D eigenvalue weighted by atomic mass is 35.5. The SMILES string of the molecule is CCn1c(SC(C)c2nc(C(C)C)no2)nnc1-c1ccc(Cl)cc1. The van der Waals surface area contributed by atoms with E-state index in [-0.39, 0.29) is 11.2 Å². The molecule has 3 rings (SSSR count).